The Balaban J connectivity index is 1.66. The monoisotopic (exact) mass is 564 g/mol. The van der Waals surface area contributed by atoms with Crippen molar-refractivity contribution in [1.29, 1.82) is 0 Å². The van der Waals surface area contributed by atoms with E-state index in [1.165, 1.54) is 6.07 Å². The van der Waals surface area contributed by atoms with E-state index in [0.717, 1.165) is 41.7 Å². The van der Waals surface area contributed by atoms with Gasteiger partial charge in [-0.15, -0.1) is 14.9 Å². The first-order valence-corrected chi connectivity index (χ1v) is 15.2. The van der Waals surface area contributed by atoms with Crippen LogP contribution >= 0.6 is 23.1 Å². The largest absolute Gasteiger partial charge is 0.299 e. The fourth-order valence-electron chi connectivity index (χ4n) is 4.59. The van der Waals surface area contributed by atoms with Gasteiger partial charge in [0.15, 0.2) is 10.0 Å². The highest BCUT2D eigenvalue weighted by Gasteiger charge is 2.54. The van der Waals surface area contributed by atoms with Crippen molar-refractivity contribution in [2.24, 2.45) is 7.05 Å². The molecule has 1 unspecified atom stereocenters. The molecule has 0 bridgehead atoms. The number of aromatic nitrogens is 4. The Morgan fingerprint density at radius 2 is 2.05 bits per heavy atom. The summed E-state index contributed by atoms with van der Waals surface area (Å²) in [5.41, 5.74) is 1.67. The number of sulfonamides is 1. The van der Waals surface area contributed by atoms with Gasteiger partial charge in [-0.1, -0.05) is 31.3 Å². The van der Waals surface area contributed by atoms with E-state index < -0.39 is 27.1 Å². The summed E-state index contributed by atoms with van der Waals surface area (Å²) in [6, 6.07) is 3.14. The van der Waals surface area contributed by atoms with Gasteiger partial charge in [-0.05, 0) is 42.2 Å². The topological polar surface area (TPSA) is 94.1 Å². The molecule has 196 valence electrons. The number of rotatable bonds is 8. The molecule has 2 aliphatic carbocycles. The van der Waals surface area contributed by atoms with Crippen molar-refractivity contribution in [3.63, 3.8) is 0 Å². The summed E-state index contributed by atoms with van der Waals surface area (Å²) < 4.78 is 57.5. The second kappa shape index (κ2) is 9.72. The minimum absolute atomic E-state index is 0.0114. The van der Waals surface area contributed by atoms with Gasteiger partial charge in [0.1, 0.15) is 5.69 Å². The average molecular weight is 565 g/mol. The lowest BCUT2D eigenvalue weighted by molar-refractivity contribution is 0.150. The number of aryl methyl sites for hydroxylation is 1. The molecule has 13 heteroatoms. The lowest BCUT2D eigenvalue weighted by atomic mass is 9.92. The zero-order valence-corrected chi connectivity index (χ0v) is 23.0. The molecule has 1 N–H and O–H groups in total. The van der Waals surface area contributed by atoms with Gasteiger partial charge in [0.05, 0.1) is 23.3 Å². The Hall–Kier alpha value is -2.40. The highest BCUT2D eigenvalue weighted by atomic mass is 32.2. The number of hydrogen-bond acceptors (Lipinski definition) is 7. The van der Waals surface area contributed by atoms with E-state index in [4.69, 9.17) is 6.57 Å². The van der Waals surface area contributed by atoms with Gasteiger partial charge < -0.3 is 0 Å². The smallest absolute Gasteiger partial charge is 0.292 e. The molecule has 1 fully saturated rings. The van der Waals surface area contributed by atoms with Crippen LogP contribution < -0.4 is 4.72 Å². The molecule has 0 amide bonds. The summed E-state index contributed by atoms with van der Waals surface area (Å²) >= 11 is 2.67. The van der Waals surface area contributed by atoms with Gasteiger partial charge in [0.25, 0.3) is 12.1 Å². The minimum Gasteiger partial charge on any atom is -0.292 e. The van der Waals surface area contributed by atoms with Gasteiger partial charge in [0, 0.05) is 23.2 Å². The number of nitrogens with zero attached hydrogens (tertiary/aromatic N) is 5. The molecule has 3 aromatic rings. The fourth-order valence-corrected chi connectivity index (χ4v) is 7.94. The van der Waals surface area contributed by atoms with E-state index in [0.29, 0.717) is 39.9 Å². The summed E-state index contributed by atoms with van der Waals surface area (Å²) in [5.74, 6) is 0. The summed E-state index contributed by atoms with van der Waals surface area (Å²) in [4.78, 5) is 3.49. The lowest BCUT2D eigenvalue weighted by Gasteiger charge is -2.24. The van der Waals surface area contributed by atoms with E-state index in [-0.39, 0.29) is 9.90 Å². The van der Waals surface area contributed by atoms with Crippen molar-refractivity contribution < 1.29 is 17.2 Å². The maximum Gasteiger partial charge on any atom is 0.299 e. The molecule has 0 saturated heterocycles. The Morgan fingerprint density at radius 3 is 2.62 bits per heavy atom. The molecule has 2 heterocycles. The zero-order chi connectivity index (χ0) is 26.5. The molecule has 8 nitrogen and oxygen atoms in total. The second-order valence-electron chi connectivity index (χ2n) is 9.64. The van der Waals surface area contributed by atoms with Crippen molar-refractivity contribution in [3.8, 4) is 10.7 Å². The van der Waals surface area contributed by atoms with Crippen molar-refractivity contribution in [3.05, 3.63) is 40.2 Å². The normalized spacial score (nSPS) is 19.4. The first kappa shape index (κ1) is 26.2. The number of alkyl halides is 2. The third-order valence-corrected chi connectivity index (χ3v) is 10.3. The van der Waals surface area contributed by atoms with Gasteiger partial charge >= 0.3 is 0 Å². The van der Waals surface area contributed by atoms with Crippen LogP contribution in [-0.2, 0) is 17.1 Å². The van der Waals surface area contributed by atoms with E-state index >= 15 is 0 Å². The van der Waals surface area contributed by atoms with Crippen LogP contribution in [0.3, 0.4) is 0 Å². The number of benzene rings is 1. The molecule has 1 saturated carbocycles. The molecule has 2 aliphatic rings. The van der Waals surface area contributed by atoms with Crippen molar-refractivity contribution in [2.45, 2.75) is 73.4 Å². The molecule has 2 aromatic heterocycles. The lowest BCUT2D eigenvalue weighted by Crippen LogP contribution is -2.34. The predicted molar refractivity (Wildman–Crippen MR) is 142 cm³/mol. The molecule has 1 atom stereocenters. The fraction of sp³-hybridized carbons (Fsp3) is 0.500. The number of nitrogens with one attached hydrogen (secondary N) is 1. The number of hydrogen-bond donors (Lipinski definition) is 1. The van der Waals surface area contributed by atoms with Crippen LogP contribution in [0.1, 0.15) is 62.9 Å². The maximum atomic E-state index is 13.4. The molecular formula is C24H26F2N6O2S3. The number of fused-ring (bicyclic) bond motifs is 1. The number of allylic oxidation sites excluding steroid dienone is 2. The van der Waals surface area contributed by atoms with Gasteiger partial charge in [-0.25, -0.2) is 23.8 Å². The van der Waals surface area contributed by atoms with E-state index in [1.54, 1.807) is 17.8 Å². The molecule has 5 rings (SSSR count). The van der Waals surface area contributed by atoms with Gasteiger partial charge in [-0.2, -0.15) is 16.9 Å². The Bertz CT molecular complexity index is 1530. The molecule has 0 aliphatic heterocycles. The van der Waals surface area contributed by atoms with Gasteiger partial charge in [0.2, 0.25) is 10.0 Å². The summed E-state index contributed by atoms with van der Waals surface area (Å²) in [7, 11) is -2.28. The van der Waals surface area contributed by atoms with Crippen LogP contribution in [-0.4, -0.2) is 44.6 Å². The quantitative estimate of drug-likeness (QED) is 0.348. The molecule has 0 radical (unpaired) electrons. The molecule has 37 heavy (non-hydrogen) atoms. The summed E-state index contributed by atoms with van der Waals surface area (Å²) in [6.45, 7) is 11.7. The zero-order valence-electron chi connectivity index (χ0n) is 20.5. The van der Waals surface area contributed by atoms with Crippen LogP contribution in [0.2, 0.25) is 0 Å². The Labute approximate surface area is 222 Å². The van der Waals surface area contributed by atoms with E-state index in [1.807, 2.05) is 11.8 Å². The van der Waals surface area contributed by atoms with Crippen molar-refractivity contribution >= 4 is 49.6 Å². The second-order valence-corrected chi connectivity index (χ2v) is 14.2. The van der Waals surface area contributed by atoms with E-state index in [2.05, 4.69) is 44.8 Å². The first-order valence-electron chi connectivity index (χ1n) is 11.9. The maximum absolute atomic E-state index is 13.4. The third kappa shape index (κ3) is 5.16. The van der Waals surface area contributed by atoms with Crippen LogP contribution in [0, 0.1) is 6.57 Å². The van der Waals surface area contributed by atoms with Crippen LogP contribution in [0.4, 0.5) is 8.78 Å². The van der Waals surface area contributed by atoms with Crippen LogP contribution in [0.25, 0.3) is 32.0 Å². The van der Waals surface area contributed by atoms with E-state index in [9.17, 15) is 17.2 Å². The average Bonchev–Trinajstić information content (AvgIpc) is 3.28. The third-order valence-electron chi connectivity index (χ3n) is 6.49. The Morgan fingerprint density at radius 1 is 1.30 bits per heavy atom. The summed E-state index contributed by atoms with van der Waals surface area (Å²) in [5, 5.41) is 13.3. The number of thioether (sulfide) groups is 1. The highest BCUT2D eigenvalue weighted by Crippen LogP contribution is 2.42. The summed E-state index contributed by atoms with van der Waals surface area (Å²) in [6.07, 6.45) is 2.94. The predicted octanol–water partition coefficient (Wildman–Crippen LogP) is 5.79. The molecular weight excluding hydrogens is 539 g/mol. The van der Waals surface area contributed by atoms with Crippen molar-refractivity contribution in [1.82, 2.24) is 24.7 Å². The molecule has 0 spiro atoms. The van der Waals surface area contributed by atoms with Gasteiger partial charge in [-0.3, -0.25) is 9.53 Å². The van der Waals surface area contributed by atoms with Crippen LogP contribution in [0.5, 0.6) is 0 Å². The molecule has 1 aromatic carbocycles. The standard InChI is InChI=1S/C24H26F2N6O2S3/c1-13(2)35-15-7-5-14(6-8-15)17-11-16(37(33,34)31-24(27-3)9-10-24)12-18-19(30-32(4)20(17)18)22-28-29-23(36-22)21(25)26/h5,11-13,15,21,31H,6-10H2,1-2,4H3. The van der Waals surface area contributed by atoms with Crippen molar-refractivity contribution in [2.75, 3.05) is 0 Å². The number of halogens is 2. The first-order chi connectivity index (χ1) is 17.5. The minimum atomic E-state index is -4.03. The SMILES string of the molecule is [C-]#[N+]C1(NS(=O)(=O)c2cc(C3=CCC(SC(C)C)CC3)c3c(c2)c(-c2nnc(C(F)F)s2)nn3C)CC1. The van der Waals surface area contributed by atoms with Crippen LogP contribution in [0.15, 0.2) is 23.1 Å². The highest BCUT2D eigenvalue weighted by molar-refractivity contribution is 8.00. The Kier molecular flexibility index (Phi) is 6.89.